The molecule has 0 bridgehead atoms. The van der Waals surface area contributed by atoms with Gasteiger partial charge in [0.25, 0.3) is 0 Å². The molecule has 2 aromatic carbocycles. The monoisotopic (exact) mass is 308 g/mol. The number of hydrogen-bond acceptors (Lipinski definition) is 3. The van der Waals surface area contributed by atoms with E-state index in [1.165, 1.54) is 30.0 Å². The molecule has 2 rings (SSSR count). The summed E-state index contributed by atoms with van der Waals surface area (Å²) in [5.74, 6) is 5.74. The third-order valence-corrected chi connectivity index (χ3v) is 4.49. The van der Waals surface area contributed by atoms with Crippen molar-refractivity contribution >= 4 is 11.8 Å². The smallest absolute Gasteiger partial charge is 0.136 e. The molecule has 0 spiro atoms. The van der Waals surface area contributed by atoms with Crippen molar-refractivity contribution in [1.82, 2.24) is 5.43 Å². The number of hydrazine groups is 1. The van der Waals surface area contributed by atoms with E-state index in [0.29, 0.717) is 17.1 Å². The van der Waals surface area contributed by atoms with Crippen LogP contribution >= 0.6 is 11.8 Å². The number of rotatable bonds is 6. The van der Waals surface area contributed by atoms with Gasteiger partial charge in [0, 0.05) is 16.7 Å². The zero-order valence-corrected chi connectivity index (χ0v) is 12.6. The Morgan fingerprint density at radius 2 is 1.95 bits per heavy atom. The molecule has 1 atom stereocenters. The third kappa shape index (κ3) is 4.52. The Labute approximate surface area is 127 Å². The Morgan fingerprint density at radius 1 is 1.19 bits per heavy atom. The molecule has 3 N–H and O–H groups in total. The summed E-state index contributed by atoms with van der Waals surface area (Å²) in [6, 6.07) is 11.4. The van der Waals surface area contributed by atoms with Crippen LogP contribution in [0.2, 0.25) is 0 Å². The lowest BCUT2D eigenvalue weighted by Gasteiger charge is -2.17. The lowest BCUT2D eigenvalue weighted by molar-refractivity contribution is 0.570. The van der Waals surface area contributed by atoms with Crippen LogP contribution in [0.5, 0.6) is 0 Å². The first-order chi connectivity index (χ1) is 10.1. The van der Waals surface area contributed by atoms with Gasteiger partial charge in [-0.15, -0.1) is 11.8 Å². The summed E-state index contributed by atoms with van der Waals surface area (Å²) in [6.45, 7) is 1.87. The highest BCUT2D eigenvalue weighted by Gasteiger charge is 2.12. The van der Waals surface area contributed by atoms with E-state index in [1.54, 1.807) is 24.3 Å². The number of aryl methyl sites for hydroxylation is 1. The van der Waals surface area contributed by atoms with Crippen LogP contribution in [0.1, 0.15) is 11.1 Å². The van der Waals surface area contributed by atoms with Gasteiger partial charge in [-0.25, -0.2) is 8.78 Å². The van der Waals surface area contributed by atoms with E-state index >= 15 is 0 Å². The van der Waals surface area contributed by atoms with E-state index in [1.807, 2.05) is 6.92 Å². The second kappa shape index (κ2) is 7.54. The lowest BCUT2D eigenvalue weighted by atomic mass is 10.0. The molecular formula is C16H18F2N2S. The molecule has 0 heterocycles. The van der Waals surface area contributed by atoms with Crippen LogP contribution in [0.15, 0.2) is 47.4 Å². The van der Waals surface area contributed by atoms with Gasteiger partial charge in [-0.05, 0) is 48.7 Å². The van der Waals surface area contributed by atoms with E-state index < -0.39 is 0 Å². The molecule has 0 saturated heterocycles. The molecule has 2 aromatic rings. The highest BCUT2D eigenvalue weighted by Crippen LogP contribution is 2.23. The van der Waals surface area contributed by atoms with Crippen LogP contribution in [0, 0.1) is 18.6 Å². The fourth-order valence-electron chi connectivity index (χ4n) is 2.07. The van der Waals surface area contributed by atoms with E-state index in [9.17, 15) is 8.78 Å². The summed E-state index contributed by atoms with van der Waals surface area (Å²) in [4.78, 5) is 0.605. The van der Waals surface area contributed by atoms with E-state index in [4.69, 9.17) is 5.84 Å². The fraction of sp³-hybridized carbons (Fsp3) is 0.250. The molecule has 0 saturated carbocycles. The third-order valence-electron chi connectivity index (χ3n) is 3.28. The molecule has 112 valence electrons. The van der Waals surface area contributed by atoms with E-state index in [-0.39, 0.29) is 17.7 Å². The van der Waals surface area contributed by atoms with Crippen LogP contribution in [0.25, 0.3) is 0 Å². The van der Waals surface area contributed by atoms with Gasteiger partial charge in [-0.1, -0.05) is 18.2 Å². The molecule has 0 fully saturated rings. The number of halogens is 2. The van der Waals surface area contributed by atoms with Crippen LogP contribution in [-0.2, 0) is 6.42 Å². The van der Waals surface area contributed by atoms with Crippen molar-refractivity contribution in [1.29, 1.82) is 0 Å². The fourth-order valence-corrected chi connectivity index (χ4v) is 3.05. The summed E-state index contributed by atoms with van der Waals surface area (Å²) in [5.41, 5.74) is 4.68. The number of nitrogens with one attached hydrogen (secondary N) is 1. The van der Waals surface area contributed by atoms with Crippen molar-refractivity contribution in [3.05, 3.63) is 65.2 Å². The van der Waals surface area contributed by atoms with Gasteiger partial charge < -0.3 is 0 Å². The highest BCUT2D eigenvalue weighted by atomic mass is 32.2. The number of thioether (sulfide) groups is 1. The Bertz CT molecular complexity index is 605. The SMILES string of the molecule is Cc1cc(F)ccc1CC(CSc1ccccc1F)NN. The van der Waals surface area contributed by atoms with E-state index in [2.05, 4.69) is 5.43 Å². The lowest BCUT2D eigenvalue weighted by Crippen LogP contribution is -2.38. The summed E-state index contributed by atoms with van der Waals surface area (Å²) < 4.78 is 26.7. The molecule has 0 amide bonds. The minimum absolute atomic E-state index is 0.0150. The maximum atomic E-state index is 13.6. The second-order valence-corrected chi connectivity index (χ2v) is 5.94. The second-order valence-electron chi connectivity index (χ2n) is 4.88. The topological polar surface area (TPSA) is 38.0 Å². The van der Waals surface area contributed by atoms with Crippen LogP contribution in [0.3, 0.4) is 0 Å². The van der Waals surface area contributed by atoms with Crippen molar-refractivity contribution in [3.63, 3.8) is 0 Å². The van der Waals surface area contributed by atoms with Gasteiger partial charge >= 0.3 is 0 Å². The first-order valence-corrected chi connectivity index (χ1v) is 7.67. The van der Waals surface area contributed by atoms with Gasteiger partial charge in [0.1, 0.15) is 11.6 Å². The van der Waals surface area contributed by atoms with Crippen molar-refractivity contribution in [2.45, 2.75) is 24.3 Å². The average Bonchev–Trinajstić information content (AvgIpc) is 2.47. The molecule has 0 aliphatic carbocycles. The zero-order valence-electron chi connectivity index (χ0n) is 11.8. The largest absolute Gasteiger partial charge is 0.271 e. The zero-order chi connectivity index (χ0) is 15.2. The van der Waals surface area contributed by atoms with Crippen molar-refractivity contribution in [3.8, 4) is 0 Å². The first kappa shape index (κ1) is 15.9. The minimum atomic E-state index is -0.241. The molecular weight excluding hydrogens is 290 g/mol. The average molecular weight is 308 g/mol. The van der Waals surface area contributed by atoms with Gasteiger partial charge in [0.2, 0.25) is 0 Å². The Balaban J connectivity index is 1.99. The normalized spacial score (nSPS) is 12.4. The number of hydrogen-bond donors (Lipinski definition) is 2. The Morgan fingerprint density at radius 3 is 2.62 bits per heavy atom. The van der Waals surface area contributed by atoms with Gasteiger partial charge in [-0.3, -0.25) is 11.3 Å². The van der Waals surface area contributed by atoms with E-state index in [0.717, 1.165) is 11.1 Å². The molecule has 5 heteroatoms. The summed E-state index contributed by atoms with van der Waals surface area (Å²) in [5, 5.41) is 0. The molecule has 0 radical (unpaired) electrons. The molecule has 0 aliphatic rings. The van der Waals surface area contributed by atoms with Gasteiger partial charge in [0.15, 0.2) is 0 Å². The summed E-state index contributed by atoms with van der Waals surface area (Å²) >= 11 is 1.42. The standard InChI is InChI=1S/C16H18F2N2S/c1-11-8-13(17)7-6-12(11)9-14(20-19)10-21-16-5-3-2-4-15(16)18/h2-8,14,20H,9-10,19H2,1H3. The van der Waals surface area contributed by atoms with Gasteiger partial charge in [-0.2, -0.15) is 0 Å². The predicted octanol–water partition coefficient (Wildman–Crippen LogP) is 3.44. The summed E-state index contributed by atoms with van der Waals surface area (Å²) in [7, 11) is 0. The highest BCUT2D eigenvalue weighted by molar-refractivity contribution is 7.99. The Kier molecular flexibility index (Phi) is 5.73. The molecule has 2 nitrogen and oxygen atoms in total. The first-order valence-electron chi connectivity index (χ1n) is 6.68. The Hall–Kier alpha value is -1.43. The minimum Gasteiger partial charge on any atom is -0.271 e. The molecule has 0 aromatic heterocycles. The van der Waals surface area contributed by atoms with Crippen molar-refractivity contribution < 1.29 is 8.78 Å². The number of benzene rings is 2. The van der Waals surface area contributed by atoms with Crippen molar-refractivity contribution in [2.75, 3.05) is 5.75 Å². The number of nitrogens with two attached hydrogens (primary N) is 1. The molecule has 0 aliphatic heterocycles. The molecule has 21 heavy (non-hydrogen) atoms. The summed E-state index contributed by atoms with van der Waals surface area (Å²) in [6.07, 6.45) is 0.671. The quantitative estimate of drug-likeness (QED) is 0.488. The maximum absolute atomic E-state index is 13.6. The predicted molar refractivity (Wildman–Crippen MR) is 83.1 cm³/mol. The molecule has 1 unspecified atom stereocenters. The maximum Gasteiger partial charge on any atom is 0.136 e. The van der Waals surface area contributed by atoms with Crippen molar-refractivity contribution in [2.24, 2.45) is 5.84 Å². The van der Waals surface area contributed by atoms with Gasteiger partial charge in [0.05, 0.1) is 0 Å². The van der Waals surface area contributed by atoms with Crippen LogP contribution in [0.4, 0.5) is 8.78 Å². The van der Waals surface area contributed by atoms with Crippen LogP contribution in [-0.4, -0.2) is 11.8 Å². The van der Waals surface area contributed by atoms with Crippen LogP contribution < -0.4 is 11.3 Å².